The van der Waals surface area contributed by atoms with Crippen LogP contribution in [0.3, 0.4) is 0 Å². The quantitative estimate of drug-likeness (QED) is 0.734. The molecule has 0 radical (unpaired) electrons. The van der Waals surface area contributed by atoms with Crippen molar-refractivity contribution < 1.29 is 23.5 Å². The van der Waals surface area contributed by atoms with E-state index in [0.29, 0.717) is 29.2 Å². The Labute approximate surface area is 159 Å². The summed E-state index contributed by atoms with van der Waals surface area (Å²) in [6.07, 6.45) is 1.57. The second-order valence-electron chi connectivity index (χ2n) is 6.25. The van der Waals surface area contributed by atoms with Crippen molar-refractivity contribution >= 4 is 28.3 Å². The lowest BCUT2D eigenvalue weighted by Gasteiger charge is -2.21. The molecule has 144 valence electrons. The summed E-state index contributed by atoms with van der Waals surface area (Å²) in [4.78, 5) is 27.8. The molecule has 27 heavy (non-hydrogen) atoms. The molecule has 1 unspecified atom stereocenters. The SMILES string of the molecule is CC(C(N)=O)C(=O)Nc1nc(C2CCOCC2)c(Oc2ccc(F)cc2)s1. The summed E-state index contributed by atoms with van der Waals surface area (Å²) in [5.41, 5.74) is 5.89. The highest BCUT2D eigenvalue weighted by Crippen LogP contribution is 2.41. The third kappa shape index (κ3) is 4.81. The van der Waals surface area contributed by atoms with Crippen LogP contribution in [0.5, 0.6) is 10.8 Å². The summed E-state index contributed by atoms with van der Waals surface area (Å²) in [6.45, 7) is 2.68. The zero-order chi connectivity index (χ0) is 19.4. The second-order valence-corrected chi connectivity index (χ2v) is 7.21. The zero-order valence-corrected chi connectivity index (χ0v) is 15.6. The molecule has 1 saturated heterocycles. The molecule has 0 bridgehead atoms. The molecule has 0 aliphatic carbocycles. The molecule has 9 heteroatoms. The predicted molar refractivity (Wildman–Crippen MR) is 98.4 cm³/mol. The van der Waals surface area contributed by atoms with Crippen molar-refractivity contribution in [3.63, 3.8) is 0 Å². The Morgan fingerprint density at radius 2 is 2.00 bits per heavy atom. The van der Waals surface area contributed by atoms with E-state index >= 15 is 0 Å². The number of anilines is 1. The third-order valence-electron chi connectivity index (χ3n) is 4.30. The van der Waals surface area contributed by atoms with Gasteiger partial charge in [0, 0.05) is 19.1 Å². The van der Waals surface area contributed by atoms with Gasteiger partial charge in [-0.05, 0) is 44.0 Å². The first-order chi connectivity index (χ1) is 12.9. The number of primary amides is 1. The number of carbonyl (C=O) groups excluding carboxylic acids is 2. The summed E-state index contributed by atoms with van der Waals surface area (Å²) < 4.78 is 24.4. The summed E-state index contributed by atoms with van der Waals surface area (Å²) in [5, 5.41) is 3.46. The molecule has 1 aromatic heterocycles. The van der Waals surface area contributed by atoms with Crippen LogP contribution in [0, 0.1) is 11.7 Å². The van der Waals surface area contributed by atoms with E-state index in [2.05, 4.69) is 10.3 Å². The van der Waals surface area contributed by atoms with E-state index in [4.69, 9.17) is 15.2 Å². The Bertz CT molecular complexity index is 819. The summed E-state index contributed by atoms with van der Waals surface area (Å²) >= 11 is 1.16. The lowest BCUT2D eigenvalue weighted by Crippen LogP contribution is -2.32. The standard InChI is InChI=1S/C18H20FN3O4S/c1-10(15(20)23)16(24)22-18-21-14(11-6-8-25-9-7-11)17(27-18)26-13-4-2-12(19)3-5-13/h2-5,10-11H,6-9H2,1H3,(H2,20,23)(H,21,22,24). The number of nitrogens with two attached hydrogens (primary N) is 1. The highest BCUT2D eigenvalue weighted by atomic mass is 32.1. The number of benzene rings is 1. The van der Waals surface area contributed by atoms with Crippen LogP contribution < -0.4 is 15.8 Å². The fourth-order valence-corrected chi connectivity index (χ4v) is 3.55. The zero-order valence-electron chi connectivity index (χ0n) is 14.7. The Hall–Kier alpha value is -2.52. The summed E-state index contributed by atoms with van der Waals surface area (Å²) in [7, 11) is 0. The molecule has 2 heterocycles. The highest BCUT2D eigenvalue weighted by Gasteiger charge is 2.26. The number of rotatable bonds is 6. The highest BCUT2D eigenvalue weighted by molar-refractivity contribution is 7.17. The average Bonchev–Trinajstić information content (AvgIpc) is 3.05. The minimum atomic E-state index is -0.970. The van der Waals surface area contributed by atoms with Gasteiger partial charge in [-0.25, -0.2) is 9.37 Å². The van der Waals surface area contributed by atoms with Gasteiger partial charge in [0.1, 0.15) is 23.2 Å². The number of ether oxygens (including phenoxy) is 2. The lowest BCUT2D eigenvalue weighted by molar-refractivity contribution is -0.129. The minimum absolute atomic E-state index is 0.129. The van der Waals surface area contributed by atoms with E-state index in [1.165, 1.54) is 31.2 Å². The van der Waals surface area contributed by atoms with E-state index in [1.807, 2.05) is 0 Å². The van der Waals surface area contributed by atoms with Crippen molar-refractivity contribution in [1.82, 2.24) is 4.98 Å². The number of hydrogen-bond acceptors (Lipinski definition) is 6. The first-order valence-corrected chi connectivity index (χ1v) is 9.37. The Morgan fingerprint density at radius 3 is 2.63 bits per heavy atom. The van der Waals surface area contributed by atoms with Gasteiger partial charge in [0.15, 0.2) is 5.13 Å². The molecule has 1 atom stereocenters. The number of hydrogen-bond donors (Lipinski definition) is 2. The second kappa shape index (κ2) is 8.45. The molecule has 1 fully saturated rings. The van der Waals surface area contributed by atoms with Crippen LogP contribution in [0.1, 0.15) is 31.4 Å². The van der Waals surface area contributed by atoms with Crippen LogP contribution >= 0.6 is 11.3 Å². The van der Waals surface area contributed by atoms with Crippen LogP contribution in [0.4, 0.5) is 9.52 Å². The van der Waals surface area contributed by atoms with Crippen molar-refractivity contribution in [2.24, 2.45) is 11.7 Å². The van der Waals surface area contributed by atoms with Gasteiger partial charge < -0.3 is 20.5 Å². The maximum Gasteiger partial charge on any atom is 0.238 e. The van der Waals surface area contributed by atoms with Crippen LogP contribution in [0.2, 0.25) is 0 Å². The van der Waals surface area contributed by atoms with Crippen LogP contribution in [-0.4, -0.2) is 30.0 Å². The molecule has 2 aromatic rings. The number of carbonyl (C=O) groups is 2. The van der Waals surface area contributed by atoms with Gasteiger partial charge in [0.2, 0.25) is 16.9 Å². The summed E-state index contributed by atoms with van der Waals surface area (Å²) in [5.74, 6) is -1.97. The number of aromatic nitrogens is 1. The molecular formula is C18H20FN3O4S. The number of thiazole rings is 1. The third-order valence-corrected chi connectivity index (χ3v) is 5.17. The average molecular weight is 393 g/mol. The van der Waals surface area contributed by atoms with Gasteiger partial charge in [-0.3, -0.25) is 9.59 Å². The van der Waals surface area contributed by atoms with E-state index < -0.39 is 17.7 Å². The van der Waals surface area contributed by atoms with E-state index in [0.717, 1.165) is 29.9 Å². The molecule has 1 aromatic carbocycles. The molecule has 3 N–H and O–H groups in total. The van der Waals surface area contributed by atoms with Crippen molar-refractivity contribution in [1.29, 1.82) is 0 Å². The predicted octanol–water partition coefficient (Wildman–Crippen LogP) is 3.03. The first kappa shape index (κ1) is 19.2. The number of nitrogens with one attached hydrogen (secondary N) is 1. The summed E-state index contributed by atoms with van der Waals surface area (Å²) in [6, 6.07) is 5.66. The van der Waals surface area contributed by atoms with Crippen LogP contribution in [0.25, 0.3) is 0 Å². The molecule has 7 nitrogen and oxygen atoms in total. The maximum absolute atomic E-state index is 13.1. The van der Waals surface area contributed by atoms with Gasteiger partial charge >= 0.3 is 0 Å². The largest absolute Gasteiger partial charge is 0.445 e. The van der Waals surface area contributed by atoms with E-state index in [9.17, 15) is 14.0 Å². The van der Waals surface area contributed by atoms with Crippen molar-refractivity contribution in [3.05, 3.63) is 35.8 Å². The molecule has 0 spiro atoms. The molecule has 0 saturated carbocycles. The van der Waals surface area contributed by atoms with Crippen molar-refractivity contribution in [3.8, 4) is 10.8 Å². The molecule has 1 aliphatic rings. The van der Waals surface area contributed by atoms with Gasteiger partial charge in [-0.2, -0.15) is 0 Å². The fourth-order valence-electron chi connectivity index (χ4n) is 2.63. The van der Waals surface area contributed by atoms with Crippen molar-refractivity contribution in [2.75, 3.05) is 18.5 Å². The van der Waals surface area contributed by atoms with Crippen LogP contribution in [-0.2, 0) is 14.3 Å². The maximum atomic E-state index is 13.1. The van der Waals surface area contributed by atoms with Gasteiger partial charge in [0.25, 0.3) is 0 Å². The molecule has 3 rings (SSSR count). The number of nitrogens with zero attached hydrogens (tertiary/aromatic N) is 1. The fraction of sp³-hybridized carbons (Fsp3) is 0.389. The minimum Gasteiger partial charge on any atom is -0.445 e. The topological polar surface area (TPSA) is 104 Å². The number of halogens is 1. The Balaban J connectivity index is 1.84. The lowest BCUT2D eigenvalue weighted by atomic mass is 9.97. The van der Waals surface area contributed by atoms with Gasteiger partial charge in [-0.1, -0.05) is 11.3 Å². The first-order valence-electron chi connectivity index (χ1n) is 8.56. The Morgan fingerprint density at radius 1 is 1.33 bits per heavy atom. The monoisotopic (exact) mass is 393 g/mol. The molecule has 1 aliphatic heterocycles. The van der Waals surface area contributed by atoms with Crippen LogP contribution in [0.15, 0.2) is 24.3 Å². The molecular weight excluding hydrogens is 373 g/mol. The Kier molecular flexibility index (Phi) is 6.02. The van der Waals surface area contributed by atoms with E-state index in [1.54, 1.807) is 0 Å². The normalized spacial score (nSPS) is 15.9. The number of amides is 2. The van der Waals surface area contributed by atoms with Gasteiger partial charge in [-0.15, -0.1) is 0 Å². The van der Waals surface area contributed by atoms with E-state index in [-0.39, 0.29) is 11.7 Å². The van der Waals surface area contributed by atoms with Gasteiger partial charge in [0.05, 0.1) is 0 Å². The molecule has 2 amide bonds. The van der Waals surface area contributed by atoms with Crippen molar-refractivity contribution in [2.45, 2.75) is 25.7 Å². The smallest absolute Gasteiger partial charge is 0.238 e.